The van der Waals surface area contributed by atoms with Crippen LogP contribution in [-0.4, -0.2) is 94.4 Å². The van der Waals surface area contributed by atoms with Crippen LogP contribution in [0.15, 0.2) is 28.7 Å². The fraction of sp³-hybridized carbons (Fsp3) is 0.440. The number of Topliss-reactive ketones (excluding diaryl/α,β-unsaturated/α-hetero) is 2. The average Bonchev–Trinajstić information content (AvgIpc) is 2.83. The Kier molecular flexibility index (Phi) is 7.30. The maximum absolute atomic E-state index is 13.7. The minimum atomic E-state index is -5.24. The number of hydrogen-bond acceptors (Lipinski definition) is 11. The molecule has 0 saturated carbocycles. The number of primary amides is 1. The van der Waals surface area contributed by atoms with Crippen molar-refractivity contribution in [3.8, 4) is 11.5 Å². The number of nitrogens with zero attached hydrogens (tertiary/aromatic N) is 1. The Morgan fingerprint density at radius 1 is 1.22 bits per heavy atom. The number of benzene rings is 1. The summed E-state index contributed by atoms with van der Waals surface area (Å²) in [5.41, 5.74) is -1.06. The molecule has 0 bridgehead atoms. The van der Waals surface area contributed by atoms with Gasteiger partial charge in [0, 0.05) is 23.1 Å². The maximum Gasteiger partial charge on any atom is 0.573 e. The van der Waals surface area contributed by atoms with Crippen molar-refractivity contribution in [1.82, 2.24) is 10.2 Å². The van der Waals surface area contributed by atoms with Crippen molar-refractivity contribution in [3.05, 3.63) is 39.9 Å². The fourth-order valence-corrected chi connectivity index (χ4v) is 5.83. The first-order valence-electron chi connectivity index (χ1n) is 12.2. The molecule has 8 N–H and O–H groups in total. The molecule has 0 aromatic heterocycles. The normalized spacial score (nSPS) is 26.0. The van der Waals surface area contributed by atoms with Gasteiger partial charge >= 0.3 is 6.36 Å². The number of carbonyl (C=O) groups excluding carboxylic acids is 4. The van der Waals surface area contributed by atoms with E-state index in [0.717, 1.165) is 0 Å². The van der Waals surface area contributed by atoms with E-state index < -0.39 is 111 Å². The number of fused-ring (bicyclic) bond motifs is 3. The van der Waals surface area contributed by atoms with Crippen LogP contribution in [0, 0.1) is 11.8 Å². The number of aromatic hydroxyl groups is 1. The number of allylic oxidation sites excluding steroid dienone is 1. The number of ether oxygens (including phenoxy) is 1. The molecule has 0 saturated heterocycles. The van der Waals surface area contributed by atoms with Gasteiger partial charge in [0.05, 0.1) is 23.8 Å². The van der Waals surface area contributed by atoms with Gasteiger partial charge in [-0.15, -0.1) is 13.2 Å². The molecule has 2 amide bonds. The van der Waals surface area contributed by atoms with Gasteiger partial charge in [0.1, 0.15) is 22.8 Å². The molecule has 4 atom stereocenters. The molecule has 3 aliphatic rings. The number of carbonyl (C=O) groups is 4. The van der Waals surface area contributed by atoms with Gasteiger partial charge in [0.15, 0.2) is 17.1 Å². The summed E-state index contributed by atoms with van der Waals surface area (Å²) in [4.78, 5) is 52.7. The molecule has 3 aliphatic carbocycles. The van der Waals surface area contributed by atoms with E-state index in [4.69, 9.17) is 5.73 Å². The molecule has 16 heteroatoms. The molecular formula is C25H27F3N4O9. The van der Waals surface area contributed by atoms with Crippen LogP contribution in [0.5, 0.6) is 11.5 Å². The topological polar surface area (TPSA) is 212 Å². The van der Waals surface area contributed by atoms with Gasteiger partial charge in [-0.3, -0.25) is 19.2 Å². The minimum absolute atomic E-state index is 0.236. The van der Waals surface area contributed by atoms with Gasteiger partial charge in [-0.25, -0.2) is 0 Å². The van der Waals surface area contributed by atoms with Crippen molar-refractivity contribution in [2.24, 2.45) is 17.6 Å². The molecule has 0 fully saturated rings. The Balaban J connectivity index is 1.93. The van der Waals surface area contributed by atoms with Crippen LogP contribution in [0.1, 0.15) is 22.3 Å². The molecule has 4 rings (SSSR count). The lowest BCUT2D eigenvalue weighted by atomic mass is 9.58. The third-order valence-corrected chi connectivity index (χ3v) is 7.43. The van der Waals surface area contributed by atoms with E-state index >= 15 is 0 Å². The number of phenolic OH excluding ortho intramolecular Hbond substituents is 1. The van der Waals surface area contributed by atoms with Crippen LogP contribution < -0.4 is 21.1 Å². The van der Waals surface area contributed by atoms with Crippen molar-refractivity contribution in [2.75, 3.05) is 33.0 Å². The van der Waals surface area contributed by atoms with E-state index in [1.54, 1.807) is 0 Å². The number of likely N-dealkylation sites (N-methyl/N-ethyl adjacent to an activating group) is 2. The number of alkyl halides is 3. The molecule has 1 aromatic carbocycles. The lowest BCUT2D eigenvalue weighted by Gasteiger charge is -2.48. The predicted molar refractivity (Wildman–Crippen MR) is 133 cm³/mol. The van der Waals surface area contributed by atoms with Crippen molar-refractivity contribution >= 4 is 29.1 Å². The molecule has 13 nitrogen and oxygen atoms in total. The Morgan fingerprint density at radius 3 is 2.39 bits per heavy atom. The first kappa shape index (κ1) is 29.8. The highest BCUT2D eigenvalue weighted by atomic mass is 19.4. The first-order valence-corrected chi connectivity index (χ1v) is 12.2. The molecule has 0 heterocycles. The number of anilines is 1. The second-order valence-electron chi connectivity index (χ2n) is 10.3. The number of aliphatic hydroxyl groups excluding tert-OH is 2. The summed E-state index contributed by atoms with van der Waals surface area (Å²) in [6.07, 6.45) is -6.03. The number of hydrogen-bond donors (Lipinski definition) is 7. The number of amides is 2. The van der Waals surface area contributed by atoms with Crippen molar-refractivity contribution in [1.29, 1.82) is 0 Å². The highest BCUT2D eigenvalue weighted by Crippen LogP contribution is 2.53. The monoisotopic (exact) mass is 584 g/mol. The highest BCUT2D eigenvalue weighted by molar-refractivity contribution is 6.25. The van der Waals surface area contributed by atoms with Crippen LogP contribution in [0.4, 0.5) is 18.9 Å². The largest absolute Gasteiger partial charge is 0.573 e. The highest BCUT2D eigenvalue weighted by Gasteiger charge is 2.62. The van der Waals surface area contributed by atoms with Gasteiger partial charge in [0.25, 0.3) is 5.91 Å². The molecule has 0 radical (unpaired) electrons. The summed E-state index contributed by atoms with van der Waals surface area (Å²) in [5, 5.41) is 49.1. The van der Waals surface area contributed by atoms with Crippen LogP contribution in [-0.2, 0) is 20.8 Å². The third-order valence-electron chi connectivity index (χ3n) is 7.43. The Labute approximate surface area is 230 Å². The minimum Gasteiger partial charge on any atom is -0.510 e. The summed E-state index contributed by atoms with van der Waals surface area (Å²) >= 11 is 0. The zero-order valence-electron chi connectivity index (χ0n) is 21.9. The number of nitrogens with two attached hydrogens (primary N) is 1. The predicted octanol–water partition coefficient (Wildman–Crippen LogP) is 0.177. The lowest BCUT2D eigenvalue weighted by Crippen LogP contribution is -2.63. The number of rotatable bonds is 6. The molecule has 0 unspecified atom stereocenters. The van der Waals surface area contributed by atoms with E-state index in [1.165, 1.54) is 26.0 Å². The van der Waals surface area contributed by atoms with Crippen molar-refractivity contribution in [3.63, 3.8) is 0 Å². The zero-order chi connectivity index (χ0) is 30.8. The molecule has 222 valence electrons. The second kappa shape index (κ2) is 10.0. The molecule has 1 aromatic rings. The fourth-order valence-electron chi connectivity index (χ4n) is 5.83. The number of aliphatic hydroxyl groups is 3. The van der Waals surface area contributed by atoms with E-state index in [2.05, 4.69) is 15.4 Å². The van der Waals surface area contributed by atoms with Crippen LogP contribution in [0.3, 0.4) is 0 Å². The van der Waals surface area contributed by atoms with E-state index in [1.807, 2.05) is 0 Å². The van der Waals surface area contributed by atoms with E-state index in [9.17, 15) is 52.8 Å². The zero-order valence-corrected chi connectivity index (χ0v) is 21.9. The van der Waals surface area contributed by atoms with Gasteiger partial charge in [0.2, 0.25) is 11.7 Å². The van der Waals surface area contributed by atoms with Gasteiger partial charge in [-0.2, -0.15) is 0 Å². The maximum atomic E-state index is 13.7. The summed E-state index contributed by atoms with van der Waals surface area (Å²) in [7, 11) is 4.38. The molecule has 0 aliphatic heterocycles. The smallest absolute Gasteiger partial charge is 0.510 e. The summed E-state index contributed by atoms with van der Waals surface area (Å²) in [5.74, 6) is -11.3. The molecule has 41 heavy (non-hydrogen) atoms. The number of phenols is 1. The standard InChI is InChI=1S/C25H27F3N4O9/c1-30-17-10-5-8-4-9-12(41-25(26,27)28)6-11(31-13(33)7-32(2)3)18(34)15(9)19(35)14(8)21(37)24(10,40)22(38)16(20(17)36)23(29)39/h6,8,10,17,30,34,36-37,40H,4-5,7H2,1-3H3,(H2,29,39)(H,31,33)/t8-,10-,17-,24-/m0/s1. The summed E-state index contributed by atoms with van der Waals surface area (Å²) in [6.45, 7) is -0.236. The van der Waals surface area contributed by atoms with Crippen molar-refractivity contribution < 1.29 is 57.5 Å². The summed E-state index contributed by atoms with van der Waals surface area (Å²) < 4.78 is 44.2. The van der Waals surface area contributed by atoms with Crippen LogP contribution in [0.2, 0.25) is 0 Å². The molecular weight excluding hydrogens is 557 g/mol. The van der Waals surface area contributed by atoms with Crippen LogP contribution in [0.25, 0.3) is 0 Å². The van der Waals surface area contributed by atoms with Crippen LogP contribution >= 0.6 is 0 Å². The van der Waals surface area contributed by atoms with E-state index in [-0.39, 0.29) is 13.0 Å². The number of halogens is 3. The van der Waals surface area contributed by atoms with Gasteiger partial charge in [-0.1, -0.05) is 0 Å². The van der Waals surface area contributed by atoms with Gasteiger partial charge < -0.3 is 46.4 Å². The molecule has 0 spiro atoms. The van der Waals surface area contributed by atoms with Crippen molar-refractivity contribution in [2.45, 2.75) is 30.8 Å². The second-order valence-corrected chi connectivity index (χ2v) is 10.3. The quantitative estimate of drug-likeness (QED) is 0.177. The van der Waals surface area contributed by atoms with Gasteiger partial charge in [-0.05, 0) is 39.9 Å². The SMILES string of the molecule is CN[C@@H]1C(O)=C(C(N)=O)C(=O)[C@@]2(O)C(O)=C3C(=O)c4c(O)c(NC(=O)CN(C)C)cc(OC(F)(F)F)c4C[C@H]3C[C@@H]12. The lowest BCUT2D eigenvalue weighted by molar-refractivity contribution is -0.275. The Hall–Kier alpha value is -4.15. The third kappa shape index (κ3) is 4.76. The summed E-state index contributed by atoms with van der Waals surface area (Å²) in [6, 6.07) is -0.612. The Morgan fingerprint density at radius 2 is 1.85 bits per heavy atom. The number of nitrogens with one attached hydrogen (secondary N) is 2. The average molecular weight is 585 g/mol. The number of ketones is 2. The first-order chi connectivity index (χ1) is 18.9. The Bertz CT molecular complexity index is 1440. The van der Waals surface area contributed by atoms with E-state index in [0.29, 0.717) is 6.07 Å².